The largest absolute Gasteiger partial charge is 0.429 e. The first-order valence-corrected chi connectivity index (χ1v) is 7.49. The van der Waals surface area contributed by atoms with Crippen LogP contribution in [0.1, 0.15) is 18.6 Å². The Hall–Kier alpha value is -2.27. The number of rotatable bonds is 5. The molecule has 0 saturated carbocycles. The molecule has 1 aliphatic rings. The number of likely N-dealkylation sites (N-methyl/N-ethyl adjacent to an activating group) is 1. The van der Waals surface area contributed by atoms with E-state index in [9.17, 15) is 4.79 Å². The normalized spacial score (nSPS) is 18.5. The van der Waals surface area contributed by atoms with Crippen molar-refractivity contribution in [1.29, 1.82) is 0 Å². The van der Waals surface area contributed by atoms with Crippen LogP contribution in [0.25, 0.3) is 0 Å². The molecule has 0 aliphatic carbocycles. The molecule has 1 saturated heterocycles. The molecule has 22 heavy (non-hydrogen) atoms. The molecule has 1 atom stereocenters. The Bertz CT molecular complexity index is 624. The number of carbonyl (C=O) groups excluding carboxylic acids is 1. The van der Waals surface area contributed by atoms with Gasteiger partial charge in [-0.25, -0.2) is 0 Å². The van der Waals surface area contributed by atoms with E-state index in [1.807, 2.05) is 49.5 Å². The number of likely N-dealkylation sites (tertiary alicyclic amines) is 1. The molecule has 1 N–H and O–H groups in total. The number of hydrogen-bond donors (Lipinski definition) is 1. The van der Waals surface area contributed by atoms with Crippen LogP contribution in [-0.2, 0) is 11.3 Å². The number of hydrogen-bond acceptors (Lipinski definition) is 4. The highest BCUT2D eigenvalue weighted by Crippen LogP contribution is 2.23. The first-order valence-electron chi connectivity index (χ1n) is 7.49. The number of nitrogens with zero attached hydrogens (tertiary/aromatic N) is 1. The molecule has 0 radical (unpaired) electrons. The molecule has 0 unspecified atom stereocenters. The van der Waals surface area contributed by atoms with Gasteiger partial charge in [0.15, 0.2) is 0 Å². The predicted molar refractivity (Wildman–Crippen MR) is 82.7 cm³/mol. The van der Waals surface area contributed by atoms with E-state index in [1.165, 1.54) is 0 Å². The molecular weight excluding hydrogens is 280 g/mol. The van der Waals surface area contributed by atoms with Crippen LogP contribution in [0.3, 0.4) is 0 Å². The molecule has 1 fully saturated rings. The number of piperidine rings is 1. The van der Waals surface area contributed by atoms with Crippen LogP contribution < -0.4 is 10.1 Å². The van der Waals surface area contributed by atoms with Gasteiger partial charge in [-0.15, -0.1) is 0 Å². The van der Waals surface area contributed by atoms with E-state index in [4.69, 9.17) is 9.15 Å². The minimum atomic E-state index is 0.217. The molecule has 0 spiro atoms. The molecule has 1 aliphatic heterocycles. The third kappa shape index (κ3) is 3.68. The number of benzene rings is 1. The molecule has 116 valence electrons. The fraction of sp³-hybridized carbons (Fsp3) is 0.353. The van der Waals surface area contributed by atoms with Gasteiger partial charge in [-0.2, -0.15) is 0 Å². The highest BCUT2D eigenvalue weighted by Gasteiger charge is 2.22. The summed E-state index contributed by atoms with van der Waals surface area (Å²) in [7, 11) is 1.84. The summed E-state index contributed by atoms with van der Waals surface area (Å²) in [5.74, 6) is 2.28. The molecule has 1 aromatic heterocycles. The highest BCUT2D eigenvalue weighted by atomic mass is 16.6. The van der Waals surface area contributed by atoms with Crippen LogP contribution in [0.2, 0.25) is 0 Å². The first kappa shape index (κ1) is 14.7. The van der Waals surface area contributed by atoms with Crippen LogP contribution in [0.15, 0.2) is 46.9 Å². The fourth-order valence-corrected chi connectivity index (χ4v) is 2.54. The monoisotopic (exact) mass is 300 g/mol. The highest BCUT2D eigenvalue weighted by molar-refractivity contribution is 5.76. The van der Waals surface area contributed by atoms with Crippen molar-refractivity contribution in [2.24, 2.45) is 0 Å². The van der Waals surface area contributed by atoms with E-state index in [2.05, 4.69) is 5.32 Å². The molecule has 1 aromatic carbocycles. The Morgan fingerprint density at radius 2 is 2.09 bits per heavy atom. The number of carbonyl (C=O) groups is 1. The Balaban J connectivity index is 1.51. The van der Waals surface area contributed by atoms with Gasteiger partial charge in [0.1, 0.15) is 11.5 Å². The number of nitrogens with one attached hydrogen (secondary N) is 1. The second-order valence-corrected chi connectivity index (χ2v) is 5.53. The summed E-state index contributed by atoms with van der Waals surface area (Å²) in [4.78, 5) is 13.2. The summed E-state index contributed by atoms with van der Waals surface area (Å²) >= 11 is 0. The van der Waals surface area contributed by atoms with Gasteiger partial charge >= 0.3 is 0 Å². The molecule has 3 rings (SSSR count). The lowest BCUT2D eigenvalue weighted by Crippen LogP contribution is -2.46. The minimum Gasteiger partial charge on any atom is -0.429 e. The van der Waals surface area contributed by atoms with Gasteiger partial charge in [0.05, 0.1) is 6.54 Å². The summed E-state index contributed by atoms with van der Waals surface area (Å²) in [5.41, 5.74) is 0. The molecular formula is C17H20N2O3. The predicted octanol–water partition coefficient (Wildman–Crippen LogP) is 2.78. The third-order valence-electron chi connectivity index (χ3n) is 3.79. The molecule has 5 nitrogen and oxygen atoms in total. The average Bonchev–Trinajstić information content (AvgIpc) is 2.97. The van der Waals surface area contributed by atoms with Crippen molar-refractivity contribution in [1.82, 2.24) is 10.2 Å². The van der Waals surface area contributed by atoms with Crippen LogP contribution in [0, 0.1) is 0 Å². The Kier molecular flexibility index (Phi) is 4.44. The molecule has 5 heteroatoms. The average molecular weight is 300 g/mol. The van der Waals surface area contributed by atoms with Crippen molar-refractivity contribution in [3.05, 3.63) is 48.2 Å². The number of ether oxygens (including phenoxy) is 1. The van der Waals surface area contributed by atoms with E-state index in [1.54, 1.807) is 4.90 Å². The van der Waals surface area contributed by atoms with Crippen LogP contribution in [-0.4, -0.2) is 30.4 Å². The smallest absolute Gasteiger partial charge is 0.290 e. The van der Waals surface area contributed by atoms with Gasteiger partial charge in [0.2, 0.25) is 5.91 Å². The maximum atomic E-state index is 11.5. The van der Waals surface area contributed by atoms with E-state index < -0.39 is 0 Å². The first-order chi connectivity index (χ1) is 10.7. The van der Waals surface area contributed by atoms with Gasteiger partial charge in [-0.1, -0.05) is 18.2 Å². The number of furan rings is 1. The Morgan fingerprint density at radius 1 is 1.27 bits per heavy atom. The molecule has 2 aromatic rings. The third-order valence-corrected chi connectivity index (χ3v) is 3.79. The van der Waals surface area contributed by atoms with Crippen molar-refractivity contribution < 1.29 is 13.9 Å². The van der Waals surface area contributed by atoms with E-state index >= 15 is 0 Å². The minimum absolute atomic E-state index is 0.217. The Morgan fingerprint density at radius 3 is 2.86 bits per heavy atom. The summed E-state index contributed by atoms with van der Waals surface area (Å²) in [5, 5.41) is 3.42. The van der Waals surface area contributed by atoms with E-state index in [-0.39, 0.29) is 5.91 Å². The van der Waals surface area contributed by atoms with Gasteiger partial charge < -0.3 is 19.4 Å². The van der Waals surface area contributed by atoms with Gasteiger partial charge in [-0.3, -0.25) is 4.79 Å². The molecule has 2 heterocycles. The summed E-state index contributed by atoms with van der Waals surface area (Å²) < 4.78 is 11.3. The van der Waals surface area contributed by atoms with Crippen LogP contribution >= 0.6 is 0 Å². The van der Waals surface area contributed by atoms with Crippen LogP contribution in [0.5, 0.6) is 11.7 Å². The summed E-state index contributed by atoms with van der Waals surface area (Å²) in [6, 6.07) is 13.6. The van der Waals surface area contributed by atoms with E-state index in [0.717, 1.165) is 24.5 Å². The number of amides is 1. The zero-order chi connectivity index (χ0) is 15.4. The van der Waals surface area contributed by atoms with Crippen molar-refractivity contribution >= 4 is 5.91 Å². The SMILES string of the molecule is CN1C[C@H](NCc2ccc(Oc3ccccc3)o2)CCC1=O. The molecule has 0 bridgehead atoms. The van der Waals surface area contributed by atoms with Crippen molar-refractivity contribution in [3.63, 3.8) is 0 Å². The lowest BCUT2D eigenvalue weighted by molar-refractivity contribution is -0.132. The molecule has 1 amide bonds. The Labute approximate surface area is 129 Å². The topological polar surface area (TPSA) is 54.7 Å². The maximum Gasteiger partial charge on any atom is 0.290 e. The number of para-hydroxylation sites is 1. The van der Waals surface area contributed by atoms with Gasteiger partial charge in [-0.05, 0) is 24.6 Å². The lowest BCUT2D eigenvalue weighted by atomic mass is 10.1. The zero-order valence-electron chi connectivity index (χ0n) is 12.6. The fourth-order valence-electron chi connectivity index (χ4n) is 2.54. The lowest BCUT2D eigenvalue weighted by Gasteiger charge is -2.30. The van der Waals surface area contributed by atoms with Gasteiger partial charge in [0.25, 0.3) is 5.95 Å². The van der Waals surface area contributed by atoms with Crippen molar-refractivity contribution in [2.45, 2.75) is 25.4 Å². The summed E-state index contributed by atoms with van der Waals surface area (Å²) in [6.45, 7) is 1.37. The van der Waals surface area contributed by atoms with Crippen molar-refractivity contribution in [2.75, 3.05) is 13.6 Å². The quantitative estimate of drug-likeness (QED) is 0.922. The summed E-state index contributed by atoms with van der Waals surface area (Å²) in [6.07, 6.45) is 1.48. The van der Waals surface area contributed by atoms with Gasteiger partial charge in [0, 0.05) is 32.1 Å². The zero-order valence-corrected chi connectivity index (χ0v) is 12.6. The van der Waals surface area contributed by atoms with Crippen LogP contribution in [0.4, 0.5) is 0 Å². The second-order valence-electron chi connectivity index (χ2n) is 5.53. The maximum absolute atomic E-state index is 11.5. The van der Waals surface area contributed by atoms with E-state index in [0.29, 0.717) is 25.0 Å². The standard InChI is InChI=1S/C17H20N2O3/c1-19-12-13(7-9-16(19)20)18-11-15-8-10-17(22-15)21-14-5-3-2-4-6-14/h2-6,8,10,13,18H,7,9,11-12H2,1H3/t13-/m1/s1. The van der Waals surface area contributed by atoms with Crippen molar-refractivity contribution in [3.8, 4) is 11.7 Å². The second kappa shape index (κ2) is 6.66.